The Morgan fingerprint density at radius 3 is 2.68 bits per heavy atom. The number of nitro benzene ring substituents is 1. The number of esters is 1. The molecule has 7 heteroatoms. The molecule has 114 valence electrons. The Kier molecular flexibility index (Phi) is 4.57. The molecule has 7 nitrogen and oxygen atoms in total. The molecule has 0 atom stereocenters. The van der Waals surface area contributed by atoms with Gasteiger partial charge in [-0.15, -0.1) is 0 Å². The predicted molar refractivity (Wildman–Crippen MR) is 78.4 cm³/mol. The smallest absolute Gasteiger partial charge is 0.330 e. The van der Waals surface area contributed by atoms with Crippen molar-refractivity contribution in [2.24, 2.45) is 0 Å². The van der Waals surface area contributed by atoms with Crippen LogP contribution in [-0.2, 0) is 9.53 Å². The molecule has 0 aliphatic rings. The van der Waals surface area contributed by atoms with Crippen molar-refractivity contribution in [2.75, 3.05) is 14.2 Å². The van der Waals surface area contributed by atoms with Gasteiger partial charge in [-0.05, 0) is 24.3 Å². The molecule has 1 heterocycles. The van der Waals surface area contributed by atoms with E-state index in [1.165, 1.54) is 44.6 Å². The highest BCUT2D eigenvalue weighted by Gasteiger charge is 2.15. The van der Waals surface area contributed by atoms with E-state index in [2.05, 4.69) is 4.74 Å². The molecule has 0 aliphatic carbocycles. The van der Waals surface area contributed by atoms with Crippen LogP contribution in [0.2, 0.25) is 0 Å². The van der Waals surface area contributed by atoms with E-state index in [1.54, 1.807) is 12.1 Å². The Morgan fingerprint density at radius 1 is 1.27 bits per heavy atom. The van der Waals surface area contributed by atoms with E-state index in [-0.39, 0.29) is 5.69 Å². The van der Waals surface area contributed by atoms with Crippen molar-refractivity contribution in [3.8, 4) is 17.1 Å². The third kappa shape index (κ3) is 3.32. The van der Waals surface area contributed by atoms with Crippen LogP contribution in [0.5, 0.6) is 5.75 Å². The summed E-state index contributed by atoms with van der Waals surface area (Å²) in [5, 5.41) is 10.9. The van der Waals surface area contributed by atoms with Gasteiger partial charge in [-0.2, -0.15) is 0 Å². The molecular formula is C15H13NO6. The van der Waals surface area contributed by atoms with Gasteiger partial charge in [0.2, 0.25) is 0 Å². The third-order valence-electron chi connectivity index (χ3n) is 2.87. The zero-order valence-electron chi connectivity index (χ0n) is 11.9. The maximum atomic E-state index is 11.0. The Balaban J connectivity index is 2.37. The predicted octanol–water partition coefficient (Wildman–Crippen LogP) is 3.05. The maximum absolute atomic E-state index is 11.0. The summed E-state index contributed by atoms with van der Waals surface area (Å²) in [7, 11) is 2.74. The van der Waals surface area contributed by atoms with Crippen LogP contribution in [0.15, 0.2) is 40.8 Å². The molecule has 0 fully saturated rings. The lowest BCUT2D eigenvalue weighted by molar-refractivity contribution is -0.384. The summed E-state index contributed by atoms with van der Waals surface area (Å²) in [5.74, 6) is 0.744. The molecular weight excluding hydrogens is 290 g/mol. The number of hydrogen-bond donors (Lipinski definition) is 0. The number of hydrogen-bond acceptors (Lipinski definition) is 6. The molecule has 0 unspecified atom stereocenters. The van der Waals surface area contributed by atoms with Crippen LogP contribution in [0.1, 0.15) is 5.76 Å². The first-order valence-electron chi connectivity index (χ1n) is 6.24. The van der Waals surface area contributed by atoms with Gasteiger partial charge >= 0.3 is 5.97 Å². The minimum Gasteiger partial charge on any atom is -0.496 e. The second-order valence-corrected chi connectivity index (χ2v) is 4.20. The highest BCUT2D eigenvalue weighted by molar-refractivity contribution is 5.86. The second-order valence-electron chi connectivity index (χ2n) is 4.20. The number of nitro groups is 1. The summed E-state index contributed by atoms with van der Waals surface area (Å²) in [5.41, 5.74) is 0.383. The van der Waals surface area contributed by atoms with Crippen molar-refractivity contribution >= 4 is 17.7 Å². The van der Waals surface area contributed by atoms with Gasteiger partial charge in [0.15, 0.2) is 0 Å². The minimum absolute atomic E-state index is 0.0705. The quantitative estimate of drug-likeness (QED) is 0.365. The van der Waals surface area contributed by atoms with Gasteiger partial charge in [0, 0.05) is 18.2 Å². The van der Waals surface area contributed by atoms with E-state index < -0.39 is 10.9 Å². The van der Waals surface area contributed by atoms with Gasteiger partial charge in [-0.25, -0.2) is 4.79 Å². The van der Waals surface area contributed by atoms with Crippen molar-refractivity contribution < 1.29 is 23.6 Å². The van der Waals surface area contributed by atoms with Crippen LogP contribution >= 0.6 is 0 Å². The highest BCUT2D eigenvalue weighted by Crippen LogP contribution is 2.34. The maximum Gasteiger partial charge on any atom is 0.330 e. The number of carbonyl (C=O) groups is 1. The molecule has 0 N–H and O–H groups in total. The first kappa shape index (κ1) is 15.3. The summed E-state index contributed by atoms with van der Waals surface area (Å²) in [6, 6.07) is 7.49. The van der Waals surface area contributed by atoms with Crippen molar-refractivity contribution in [1.82, 2.24) is 0 Å². The molecule has 0 saturated heterocycles. The van der Waals surface area contributed by atoms with Crippen LogP contribution in [0, 0.1) is 10.1 Å². The summed E-state index contributed by atoms with van der Waals surface area (Å²) >= 11 is 0. The summed E-state index contributed by atoms with van der Waals surface area (Å²) in [6.07, 6.45) is 2.66. The topological polar surface area (TPSA) is 91.8 Å². The SMILES string of the molecule is COC(=O)/C=C/c1ccc(-c2cc([N+](=O)[O-])ccc2OC)o1. The number of furan rings is 1. The van der Waals surface area contributed by atoms with Crippen molar-refractivity contribution in [1.29, 1.82) is 0 Å². The lowest BCUT2D eigenvalue weighted by atomic mass is 10.1. The molecule has 0 aliphatic heterocycles. The Labute approximate surface area is 125 Å². The third-order valence-corrected chi connectivity index (χ3v) is 2.87. The molecule has 0 saturated carbocycles. The molecule has 1 aromatic carbocycles. The van der Waals surface area contributed by atoms with Gasteiger partial charge in [0.1, 0.15) is 17.3 Å². The average molecular weight is 303 g/mol. The number of non-ortho nitro benzene ring substituents is 1. The van der Waals surface area contributed by atoms with Gasteiger partial charge < -0.3 is 13.9 Å². The Hall–Kier alpha value is -3.09. The monoisotopic (exact) mass is 303 g/mol. The van der Waals surface area contributed by atoms with Crippen LogP contribution < -0.4 is 4.74 Å². The van der Waals surface area contributed by atoms with Crippen molar-refractivity contribution in [2.45, 2.75) is 0 Å². The van der Waals surface area contributed by atoms with Crippen LogP contribution in [0.3, 0.4) is 0 Å². The van der Waals surface area contributed by atoms with Crippen molar-refractivity contribution in [3.63, 3.8) is 0 Å². The number of nitrogens with zero attached hydrogens (tertiary/aromatic N) is 1. The standard InChI is InChI=1S/C15H13NO6/c1-20-13-6-3-10(16(18)19)9-12(13)14-7-4-11(22-14)5-8-15(17)21-2/h3-9H,1-2H3/b8-5+. The minimum atomic E-state index is -0.508. The lowest BCUT2D eigenvalue weighted by Crippen LogP contribution is -1.92. The number of ether oxygens (including phenoxy) is 2. The van der Waals surface area contributed by atoms with E-state index in [4.69, 9.17) is 9.15 Å². The van der Waals surface area contributed by atoms with Crippen LogP contribution in [0.25, 0.3) is 17.4 Å². The number of rotatable bonds is 5. The first-order chi connectivity index (χ1) is 10.5. The largest absolute Gasteiger partial charge is 0.496 e. The van der Waals surface area contributed by atoms with Crippen LogP contribution in [0.4, 0.5) is 5.69 Å². The molecule has 0 spiro atoms. The molecule has 22 heavy (non-hydrogen) atoms. The highest BCUT2D eigenvalue weighted by atomic mass is 16.6. The summed E-state index contributed by atoms with van der Waals surface area (Å²) in [4.78, 5) is 21.4. The van der Waals surface area contributed by atoms with E-state index in [9.17, 15) is 14.9 Å². The molecule has 0 bridgehead atoms. The van der Waals surface area contributed by atoms with Crippen LogP contribution in [-0.4, -0.2) is 25.1 Å². The number of carbonyl (C=O) groups excluding carboxylic acids is 1. The molecule has 2 aromatic rings. The molecule has 1 aromatic heterocycles. The van der Waals surface area contributed by atoms with E-state index >= 15 is 0 Å². The van der Waals surface area contributed by atoms with Crippen molar-refractivity contribution in [3.05, 3.63) is 52.3 Å². The van der Waals surface area contributed by atoms with E-state index in [0.717, 1.165) is 0 Å². The van der Waals surface area contributed by atoms with Gasteiger partial charge in [-0.1, -0.05) is 0 Å². The van der Waals surface area contributed by atoms with E-state index in [1.807, 2.05) is 0 Å². The van der Waals surface area contributed by atoms with Gasteiger partial charge in [0.05, 0.1) is 24.7 Å². The second kappa shape index (κ2) is 6.57. The zero-order chi connectivity index (χ0) is 16.1. The fourth-order valence-corrected chi connectivity index (χ4v) is 1.81. The summed E-state index contributed by atoms with van der Waals surface area (Å²) < 4.78 is 15.2. The summed E-state index contributed by atoms with van der Waals surface area (Å²) in [6.45, 7) is 0. The molecule has 0 amide bonds. The normalized spacial score (nSPS) is 10.6. The molecule has 2 rings (SSSR count). The Morgan fingerprint density at radius 2 is 2.05 bits per heavy atom. The van der Waals surface area contributed by atoms with Gasteiger partial charge in [-0.3, -0.25) is 10.1 Å². The fourth-order valence-electron chi connectivity index (χ4n) is 1.81. The fraction of sp³-hybridized carbons (Fsp3) is 0.133. The Bertz CT molecular complexity index is 731. The lowest BCUT2D eigenvalue weighted by Gasteiger charge is -2.05. The van der Waals surface area contributed by atoms with Gasteiger partial charge in [0.25, 0.3) is 5.69 Å². The average Bonchev–Trinajstić information content (AvgIpc) is 3.00. The number of benzene rings is 1. The number of methoxy groups -OCH3 is 2. The molecule has 0 radical (unpaired) electrons. The first-order valence-corrected chi connectivity index (χ1v) is 6.24. The van der Waals surface area contributed by atoms with E-state index in [0.29, 0.717) is 22.8 Å². The zero-order valence-corrected chi connectivity index (χ0v) is 11.9.